The maximum absolute atomic E-state index is 13.1. The fraction of sp³-hybridized carbons (Fsp3) is 0.600. The van der Waals surface area contributed by atoms with Gasteiger partial charge in [0, 0.05) is 31.9 Å². The number of rotatable bonds is 15. The van der Waals surface area contributed by atoms with Gasteiger partial charge in [0.2, 0.25) is 0 Å². The van der Waals surface area contributed by atoms with Crippen molar-refractivity contribution in [3.05, 3.63) is 39.5 Å². The first kappa shape index (κ1) is 29.8. The Morgan fingerprint density at radius 3 is 2.82 bits per heavy atom. The van der Waals surface area contributed by atoms with Gasteiger partial charge >= 0.3 is 12.1 Å². The summed E-state index contributed by atoms with van der Waals surface area (Å²) in [5.74, 6) is -1.44. The lowest BCUT2D eigenvalue weighted by Gasteiger charge is -2.24. The molecule has 9 nitrogen and oxygen atoms in total. The zero-order chi connectivity index (χ0) is 27.5. The number of halogens is 3. The predicted octanol–water partition coefficient (Wildman–Crippen LogP) is 3.85. The molecule has 0 aromatic carbocycles. The first-order valence-electron chi connectivity index (χ1n) is 12.8. The third kappa shape index (κ3) is 8.91. The molecule has 210 valence electrons. The van der Waals surface area contributed by atoms with E-state index in [1.807, 2.05) is 11.8 Å². The van der Waals surface area contributed by atoms with E-state index in [9.17, 15) is 27.9 Å². The Morgan fingerprint density at radius 1 is 1.26 bits per heavy atom. The van der Waals surface area contributed by atoms with Crippen LogP contribution in [0.2, 0.25) is 0 Å². The zero-order valence-electron chi connectivity index (χ0n) is 21.4. The number of ether oxygens (including phenoxy) is 1. The summed E-state index contributed by atoms with van der Waals surface area (Å²) < 4.78 is 44.7. The third-order valence-electron chi connectivity index (χ3n) is 6.24. The maximum Gasteiger partial charge on any atom is 0.434 e. The Bertz CT molecular complexity index is 1070. The molecule has 0 aliphatic carbocycles. The van der Waals surface area contributed by atoms with Gasteiger partial charge in [0.05, 0.1) is 12.1 Å². The largest absolute Gasteiger partial charge is 0.480 e. The molecule has 13 heteroatoms. The monoisotopic (exact) mass is 557 g/mol. The van der Waals surface area contributed by atoms with Crippen molar-refractivity contribution in [3.63, 3.8) is 0 Å². The van der Waals surface area contributed by atoms with E-state index in [-0.39, 0.29) is 6.42 Å². The van der Waals surface area contributed by atoms with Crippen LogP contribution in [0.5, 0.6) is 0 Å². The van der Waals surface area contributed by atoms with Crippen LogP contribution in [-0.2, 0) is 28.5 Å². The van der Waals surface area contributed by atoms with Crippen LogP contribution in [0.1, 0.15) is 59.2 Å². The third-order valence-corrected chi connectivity index (χ3v) is 7.07. The molecular weight excluding hydrogens is 523 g/mol. The average Bonchev–Trinajstić information content (AvgIpc) is 3.39. The van der Waals surface area contributed by atoms with E-state index in [2.05, 4.69) is 27.8 Å². The van der Waals surface area contributed by atoms with E-state index < -0.39 is 34.7 Å². The number of aryl methyl sites for hydroxylation is 2. The Balaban J connectivity index is 1.52. The second kappa shape index (κ2) is 14.4. The molecule has 0 radical (unpaired) electrons. The molecule has 0 bridgehead atoms. The van der Waals surface area contributed by atoms with E-state index in [1.165, 1.54) is 5.56 Å². The number of carboxylic acids is 1. The minimum absolute atomic E-state index is 0.0331. The van der Waals surface area contributed by atoms with Crippen LogP contribution in [0.4, 0.5) is 19.0 Å². The van der Waals surface area contributed by atoms with Crippen LogP contribution < -0.4 is 10.6 Å². The smallest absolute Gasteiger partial charge is 0.434 e. The van der Waals surface area contributed by atoms with E-state index in [0.717, 1.165) is 55.7 Å². The SMILES string of the molecule is CCOCCN(CCCCc1ccc2c(n1)NCCC2)CC[C@H](NC(=O)c1scnc1C(F)(F)F)C(=O)O. The summed E-state index contributed by atoms with van der Waals surface area (Å²) in [6.07, 6.45) is -0.0654. The molecule has 1 amide bonds. The summed E-state index contributed by atoms with van der Waals surface area (Å²) in [5, 5.41) is 15.2. The van der Waals surface area contributed by atoms with Crippen LogP contribution in [0.15, 0.2) is 17.6 Å². The minimum atomic E-state index is -4.80. The van der Waals surface area contributed by atoms with Crippen molar-refractivity contribution < 1.29 is 32.6 Å². The van der Waals surface area contributed by atoms with Crippen LogP contribution in [0.3, 0.4) is 0 Å². The molecule has 1 atom stereocenters. The molecule has 3 rings (SSSR count). The minimum Gasteiger partial charge on any atom is -0.480 e. The van der Waals surface area contributed by atoms with Crippen molar-refractivity contribution in [2.24, 2.45) is 0 Å². The van der Waals surface area contributed by atoms with Crippen molar-refractivity contribution in [1.82, 2.24) is 20.2 Å². The molecule has 0 spiro atoms. The second-order valence-corrected chi connectivity index (χ2v) is 9.87. The number of hydrogen-bond acceptors (Lipinski definition) is 8. The van der Waals surface area contributed by atoms with Gasteiger partial charge in [-0.3, -0.25) is 4.79 Å². The highest BCUT2D eigenvalue weighted by Crippen LogP contribution is 2.32. The van der Waals surface area contributed by atoms with Crippen molar-refractivity contribution in [2.75, 3.05) is 44.7 Å². The number of thiazole rings is 1. The lowest BCUT2D eigenvalue weighted by molar-refractivity contribution is -0.141. The Kier molecular flexibility index (Phi) is 11.3. The number of nitrogens with zero attached hydrogens (tertiary/aromatic N) is 3. The summed E-state index contributed by atoms with van der Waals surface area (Å²) in [5.41, 5.74) is 1.87. The van der Waals surface area contributed by atoms with Gasteiger partial charge in [0.1, 0.15) is 16.7 Å². The van der Waals surface area contributed by atoms with Gasteiger partial charge in [-0.2, -0.15) is 13.2 Å². The topological polar surface area (TPSA) is 117 Å². The molecule has 1 aliphatic rings. The fourth-order valence-corrected chi connectivity index (χ4v) is 4.93. The highest BCUT2D eigenvalue weighted by atomic mass is 32.1. The van der Waals surface area contributed by atoms with Gasteiger partial charge in [0.15, 0.2) is 5.69 Å². The van der Waals surface area contributed by atoms with E-state index in [1.54, 1.807) is 0 Å². The molecule has 3 N–H and O–H groups in total. The highest BCUT2D eigenvalue weighted by molar-refractivity contribution is 7.11. The number of carboxylic acid groups (broad SMARTS) is 1. The van der Waals surface area contributed by atoms with Gasteiger partial charge in [0.25, 0.3) is 5.91 Å². The molecular formula is C25H34F3N5O4S. The number of alkyl halides is 3. The van der Waals surface area contributed by atoms with Crippen molar-refractivity contribution in [2.45, 2.75) is 57.7 Å². The number of pyridine rings is 1. The Morgan fingerprint density at radius 2 is 2.08 bits per heavy atom. The Hall–Kier alpha value is -2.77. The van der Waals surface area contributed by atoms with Crippen LogP contribution in [-0.4, -0.2) is 77.3 Å². The molecule has 1 aliphatic heterocycles. The number of nitrogens with one attached hydrogen (secondary N) is 2. The molecule has 0 saturated heterocycles. The lowest BCUT2D eigenvalue weighted by atomic mass is 10.1. The molecule has 2 aromatic rings. The van der Waals surface area contributed by atoms with Crippen LogP contribution in [0.25, 0.3) is 0 Å². The first-order chi connectivity index (χ1) is 18.2. The summed E-state index contributed by atoms with van der Waals surface area (Å²) >= 11 is 0.523. The zero-order valence-corrected chi connectivity index (χ0v) is 22.2. The summed E-state index contributed by atoms with van der Waals surface area (Å²) in [6.45, 7) is 5.43. The van der Waals surface area contributed by atoms with Gasteiger partial charge in [-0.25, -0.2) is 14.8 Å². The van der Waals surface area contributed by atoms with Gasteiger partial charge in [-0.1, -0.05) is 6.07 Å². The number of anilines is 1. The number of fused-ring (bicyclic) bond motifs is 1. The fourth-order valence-electron chi connectivity index (χ4n) is 4.23. The number of amides is 1. The van der Waals surface area contributed by atoms with Crippen molar-refractivity contribution >= 4 is 29.0 Å². The highest BCUT2D eigenvalue weighted by Gasteiger charge is 2.39. The summed E-state index contributed by atoms with van der Waals surface area (Å²) in [7, 11) is 0. The average molecular weight is 558 g/mol. The molecule has 38 heavy (non-hydrogen) atoms. The molecule has 0 unspecified atom stereocenters. The number of hydrogen-bond donors (Lipinski definition) is 3. The molecule has 0 saturated carbocycles. The van der Waals surface area contributed by atoms with Gasteiger partial charge < -0.3 is 25.4 Å². The summed E-state index contributed by atoms with van der Waals surface area (Å²) in [4.78, 5) is 33.5. The standard InChI is InChI=1S/C25H34F3N5O4S/c1-2-37-15-14-33(12-4-3-7-18-9-8-17-6-5-11-29-22(17)31-18)13-10-19(24(35)36)32-23(34)20-21(25(26,27)28)30-16-38-20/h8-9,16,19H,2-7,10-15H2,1H3,(H,29,31)(H,32,34)(H,35,36)/t19-/m0/s1. The van der Waals surface area contributed by atoms with Crippen molar-refractivity contribution in [1.29, 1.82) is 0 Å². The van der Waals surface area contributed by atoms with Gasteiger partial charge in [-0.05, 0) is 63.6 Å². The molecule has 2 aromatic heterocycles. The van der Waals surface area contributed by atoms with Crippen molar-refractivity contribution in [3.8, 4) is 0 Å². The van der Waals surface area contributed by atoms with Crippen LogP contribution in [0, 0.1) is 0 Å². The Labute approximate surface area is 223 Å². The number of carbonyl (C=O) groups is 2. The van der Waals surface area contributed by atoms with E-state index in [4.69, 9.17) is 9.72 Å². The summed E-state index contributed by atoms with van der Waals surface area (Å²) in [6, 6.07) is 2.85. The number of aromatic nitrogens is 2. The molecule has 0 fully saturated rings. The quantitative estimate of drug-likeness (QED) is 0.283. The maximum atomic E-state index is 13.1. The molecule has 3 heterocycles. The predicted molar refractivity (Wildman–Crippen MR) is 138 cm³/mol. The number of unbranched alkanes of at least 4 members (excludes halogenated alkanes) is 1. The first-order valence-corrected chi connectivity index (χ1v) is 13.6. The van der Waals surface area contributed by atoms with Gasteiger partial charge in [-0.15, -0.1) is 11.3 Å². The number of aliphatic carboxylic acids is 1. The lowest BCUT2D eigenvalue weighted by Crippen LogP contribution is -2.43. The van der Waals surface area contributed by atoms with E-state index in [0.29, 0.717) is 44.2 Å². The second-order valence-electron chi connectivity index (χ2n) is 9.02. The van der Waals surface area contributed by atoms with E-state index >= 15 is 0 Å². The van der Waals surface area contributed by atoms with Crippen LogP contribution >= 0.6 is 11.3 Å². The normalized spacial score (nSPS) is 14.1. The number of carbonyl (C=O) groups excluding carboxylic acids is 1.